The number of carboxylic acid groups (broad SMARTS) is 1. The highest BCUT2D eigenvalue weighted by molar-refractivity contribution is 5.94. The fourth-order valence-electron chi connectivity index (χ4n) is 0.977. The molecule has 0 aliphatic carbocycles. The zero-order valence-corrected chi connectivity index (χ0v) is 8.09. The minimum atomic E-state index is -0.958. The second-order valence-electron chi connectivity index (χ2n) is 2.97. The molecule has 0 radical (unpaired) electrons. The van der Waals surface area contributed by atoms with Crippen LogP contribution < -0.4 is 0 Å². The van der Waals surface area contributed by atoms with E-state index in [0.717, 1.165) is 5.56 Å². The third-order valence-electron chi connectivity index (χ3n) is 1.75. The van der Waals surface area contributed by atoms with E-state index >= 15 is 0 Å². The molecule has 1 aromatic rings. The lowest BCUT2D eigenvalue weighted by molar-refractivity contribution is -0.138. The number of aliphatic carboxylic acids is 1. The Morgan fingerprint density at radius 1 is 1.27 bits per heavy atom. The highest BCUT2D eigenvalue weighted by Crippen LogP contribution is 2.01. The molecular formula is C11H11NO3. The van der Waals surface area contributed by atoms with Crippen molar-refractivity contribution in [2.24, 2.45) is 0 Å². The van der Waals surface area contributed by atoms with Crippen molar-refractivity contribution < 1.29 is 14.7 Å². The van der Waals surface area contributed by atoms with Crippen LogP contribution in [0.2, 0.25) is 0 Å². The molecule has 0 unspecified atom stereocenters. The Morgan fingerprint density at radius 3 is 2.53 bits per heavy atom. The van der Waals surface area contributed by atoms with Gasteiger partial charge >= 0.3 is 5.97 Å². The van der Waals surface area contributed by atoms with Crippen LogP contribution in [0.3, 0.4) is 0 Å². The van der Waals surface area contributed by atoms with Crippen molar-refractivity contribution in [3.63, 3.8) is 0 Å². The van der Waals surface area contributed by atoms with E-state index in [1.807, 2.05) is 0 Å². The maximum atomic E-state index is 11.2. The molecule has 78 valence electrons. The topological polar surface area (TPSA) is 67.3 Å². The van der Waals surface area contributed by atoms with E-state index in [2.05, 4.69) is 4.98 Å². The van der Waals surface area contributed by atoms with Crippen molar-refractivity contribution >= 4 is 17.8 Å². The number of rotatable bonds is 5. The van der Waals surface area contributed by atoms with Gasteiger partial charge in [0.25, 0.3) is 0 Å². The summed E-state index contributed by atoms with van der Waals surface area (Å²) in [6.07, 6.45) is 6.20. The van der Waals surface area contributed by atoms with Gasteiger partial charge in [0, 0.05) is 18.8 Å². The first-order valence-corrected chi connectivity index (χ1v) is 4.51. The van der Waals surface area contributed by atoms with Gasteiger partial charge < -0.3 is 5.11 Å². The molecule has 1 heterocycles. The molecule has 1 rings (SSSR count). The normalized spacial score (nSPS) is 10.4. The third-order valence-corrected chi connectivity index (χ3v) is 1.75. The number of hydrogen-bond acceptors (Lipinski definition) is 3. The third kappa shape index (κ3) is 4.71. The summed E-state index contributed by atoms with van der Waals surface area (Å²) in [5, 5.41) is 8.36. The second kappa shape index (κ2) is 5.70. The molecular weight excluding hydrogens is 194 g/mol. The number of pyridine rings is 1. The Morgan fingerprint density at radius 2 is 1.93 bits per heavy atom. The summed E-state index contributed by atoms with van der Waals surface area (Å²) < 4.78 is 0. The molecule has 0 fully saturated rings. The van der Waals surface area contributed by atoms with Gasteiger partial charge in [-0.1, -0.05) is 6.08 Å². The zero-order chi connectivity index (χ0) is 11.1. The molecule has 0 spiro atoms. The van der Waals surface area contributed by atoms with Crippen LogP contribution in [0, 0.1) is 0 Å². The highest BCUT2D eigenvalue weighted by atomic mass is 16.4. The molecule has 0 amide bonds. The fraction of sp³-hybridized carbons (Fsp3) is 0.182. The average Bonchev–Trinajstić information content (AvgIpc) is 2.25. The Balaban J connectivity index is 2.44. The summed E-state index contributed by atoms with van der Waals surface area (Å²) in [7, 11) is 0. The first-order valence-electron chi connectivity index (χ1n) is 4.51. The standard InChI is InChI=1S/C11H11NO3/c13-10(3-4-11(14)15)2-1-9-5-7-12-8-6-9/h1-2,5-8H,3-4H2,(H,14,15)/b2-1+. The zero-order valence-electron chi connectivity index (χ0n) is 8.09. The summed E-state index contributed by atoms with van der Waals surface area (Å²) in [6.45, 7) is 0. The maximum absolute atomic E-state index is 11.2. The monoisotopic (exact) mass is 205 g/mol. The molecule has 0 saturated carbocycles. The van der Waals surface area contributed by atoms with Crippen LogP contribution in [0.4, 0.5) is 0 Å². The molecule has 0 aliphatic rings. The lowest BCUT2D eigenvalue weighted by atomic mass is 10.2. The van der Waals surface area contributed by atoms with E-state index in [1.165, 1.54) is 6.08 Å². The van der Waals surface area contributed by atoms with Crippen LogP contribution in [-0.2, 0) is 9.59 Å². The number of carbonyl (C=O) groups is 2. The molecule has 4 heteroatoms. The van der Waals surface area contributed by atoms with Crippen molar-refractivity contribution in [1.29, 1.82) is 0 Å². The van der Waals surface area contributed by atoms with E-state index in [0.29, 0.717) is 0 Å². The van der Waals surface area contributed by atoms with Crippen LogP contribution in [0.5, 0.6) is 0 Å². The van der Waals surface area contributed by atoms with Gasteiger partial charge in [0.15, 0.2) is 5.78 Å². The molecule has 0 atom stereocenters. The molecule has 4 nitrogen and oxygen atoms in total. The van der Waals surface area contributed by atoms with Gasteiger partial charge in [0.05, 0.1) is 6.42 Å². The van der Waals surface area contributed by atoms with Crippen molar-refractivity contribution in [2.75, 3.05) is 0 Å². The smallest absolute Gasteiger partial charge is 0.303 e. The lowest BCUT2D eigenvalue weighted by Gasteiger charge is -1.92. The number of hydrogen-bond donors (Lipinski definition) is 1. The number of nitrogens with zero attached hydrogens (tertiary/aromatic N) is 1. The quantitative estimate of drug-likeness (QED) is 0.740. The predicted molar refractivity (Wildman–Crippen MR) is 55.1 cm³/mol. The van der Waals surface area contributed by atoms with E-state index < -0.39 is 5.97 Å². The van der Waals surface area contributed by atoms with Gasteiger partial charge in [-0.05, 0) is 23.8 Å². The van der Waals surface area contributed by atoms with Gasteiger partial charge in [-0.15, -0.1) is 0 Å². The highest BCUT2D eigenvalue weighted by Gasteiger charge is 2.01. The largest absolute Gasteiger partial charge is 0.481 e. The molecule has 15 heavy (non-hydrogen) atoms. The number of carbonyl (C=O) groups excluding carboxylic acids is 1. The molecule has 0 bridgehead atoms. The molecule has 1 N–H and O–H groups in total. The van der Waals surface area contributed by atoms with Crippen molar-refractivity contribution in [3.8, 4) is 0 Å². The minimum Gasteiger partial charge on any atom is -0.481 e. The van der Waals surface area contributed by atoms with Gasteiger partial charge in [0.2, 0.25) is 0 Å². The van der Waals surface area contributed by atoms with Crippen LogP contribution in [0.25, 0.3) is 6.08 Å². The summed E-state index contributed by atoms with van der Waals surface area (Å²) in [6, 6.07) is 3.53. The Labute approximate surface area is 87.3 Å². The van der Waals surface area contributed by atoms with Crippen LogP contribution in [-0.4, -0.2) is 21.8 Å². The van der Waals surface area contributed by atoms with E-state index in [4.69, 9.17) is 5.11 Å². The summed E-state index contributed by atoms with van der Waals surface area (Å²) >= 11 is 0. The maximum Gasteiger partial charge on any atom is 0.303 e. The fourth-order valence-corrected chi connectivity index (χ4v) is 0.977. The van der Waals surface area contributed by atoms with E-state index in [1.54, 1.807) is 30.6 Å². The SMILES string of the molecule is O=C(O)CCC(=O)/C=C/c1ccncc1. The van der Waals surface area contributed by atoms with E-state index in [-0.39, 0.29) is 18.6 Å². The van der Waals surface area contributed by atoms with Gasteiger partial charge in [-0.3, -0.25) is 14.6 Å². The molecule has 0 aromatic carbocycles. The number of aromatic nitrogens is 1. The Hall–Kier alpha value is -1.97. The van der Waals surface area contributed by atoms with Crippen molar-refractivity contribution in [1.82, 2.24) is 4.98 Å². The van der Waals surface area contributed by atoms with Gasteiger partial charge in [-0.25, -0.2) is 0 Å². The Bertz CT molecular complexity index is 371. The van der Waals surface area contributed by atoms with Gasteiger partial charge in [0.1, 0.15) is 0 Å². The van der Waals surface area contributed by atoms with Crippen LogP contribution >= 0.6 is 0 Å². The second-order valence-corrected chi connectivity index (χ2v) is 2.97. The molecule has 1 aromatic heterocycles. The molecule has 0 saturated heterocycles. The number of ketones is 1. The van der Waals surface area contributed by atoms with Crippen molar-refractivity contribution in [2.45, 2.75) is 12.8 Å². The van der Waals surface area contributed by atoms with Crippen LogP contribution in [0.1, 0.15) is 18.4 Å². The van der Waals surface area contributed by atoms with Gasteiger partial charge in [-0.2, -0.15) is 0 Å². The summed E-state index contributed by atoms with van der Waals surface area (Å²) in [4.78, 5) is 25.2. The first-order chi connectivity index (χ1) is 7.18. The Kier molecular flexibility index (Phi) is 4.22. The lowest BCUT2D eigenvalue weighted by Crippen LogP contribution is -1.99. The number of carboxylic acids is 1. The first kappa shape index (κ1) is 11.1. The minimum absolute atomic E-state index is 0.0386. The van der Waals surface area contributed by atoms with Crippen LogP contribution in [0.15, 0.2) is 30.6 Å². The average molecular weight is 205 g/mol. The molecule has 0 aliphatic heterocycles. The summed E-state index contributed by atoms with van der Waals surface area (Å²) in [5.74, 6) is -1.14. The van der Waals surface area contributed by atoms with E-state index in [9.17, 15) is 9.59 Å². The summed E-state index contributed by atoms with van der Waals surface area (Å²) in [5.41, 5.74) is 0.869. The number of allylic oxidation sites excluding steroid dienone is 1. The van der Waals surface area contributed by atoms with Crippen molar-refractivity contribution in [3.05, 3.63) is 36.2 Å². The predicted octanol–water partition coefficient (Wildman–Crippen LogP) is 1.53.